The maximum Gasteiger partial charge on any atom is 0.508 e. The average molecular weight is 202 g/mol. The highest BCUT2D eigenvalue weighted by molar-refractivity contribution is 5.81. The van der Waals surface area contributed by atoms with Gasteiger partial charge in [0.25, 0.3) is 0 Å². The van der Waals surface area contributed by atoms with E-state index in [1.807, 2.05) is 0 Å². The molecule has 0 saturated carbocycles. The third-order valence-electron chi connectivity index (χ3n) is 1.25. The second-order valence-corrected chi connectivity index (χ2v) is 2.39. The Hall–Kier alpha value is -1.52. The van der Waals surface area contributed by atoms with Crippen LogP contribution in [0.25, 0.3) is 0 Å². The fourth-order valence-corrected chi connectivity index (χ4v) is 0.625. The van der Waals surface area contributed by atoms with Crippen molar-refractivity contribution < 1.29 is 23.8 Å². The quantitative estimate of drug-likeness (QED) is 0.507. The molecule has 14 heavy (non-hydrogen) atoms. The van der Waals surface area contributed by atoms with Crippen LogP contribution in [0.3, 0.4) is 0 Å². The Morgan fingerprint density at radius 2 is 2.07 bits per heavy atom. The molecular formula is C9H14O5. The van der Waals surface area contributed by atoms with Gasteiger partial charge in [-0.3, -0.25) is 0 Å². The van der Waals surface area contributed by atoms with E-state index in [1.54, 1.807) is 13.8 Å². The normalized spacial score (nSPS) is 12.2. The van der Waals surface area contributed by atoms with Crippen LogP contribution in [0.5, 0.6) is 0 Å². The van der Waals surface area contributed by atoms with Crippen LogP contribution in [0.15, 0.2) is 12.2 Å². The molecule has 0 aromatic carbocycles. The molecule has 5 heteroatoms. The van der Waals surface area contributed by atoms with Gasteiger partial charge in [-0.2, -0.15) is 0 Å². The van der Waals surface area contributed by atoms with Gasteiger partial charge < -0.3 is 14.2 Å². The van der Waals surface area contributed by atoms with Crippen LogP contribution < -0.4 is 0 Å². The summed E-state index contributed by atoms with van der Waals surface area (Å²) < 4.78 is 13.6. The first-order valence-corrected chi connectivity index (χ1v) is 4.19. The number of hydrogen-bond donors (Lipinski definition) is 0. The van der Waals surface area contributed by atoms with E-state index in [1.165, 1.54) is 19.3 Å². The average Bonchev–Trinajstić information content (AvgIpc) is 2.14. The molecule has 0 bridgehead atoms. The van der Waals surface area contributed by atoms with Crippen molar-refractivity contribution in [2.45, 2.75) is 20.0 Å². The van der Waals surface area contributed by atoms with E-state index in [4.69, 9.17) is 4.74 Å². The maximum absolute atomic E-state index is 10.8. The summed E-state index contributed by atoms with van der Waals surface area (Å²) in [6.45, 7) is 3.54. The molecule has 80 valence electrons. The van der Waals surface area contributed by atoms with Crippen molar-refractivity contribution in [3.8, 4) is 0 Å². The number of carbonyl (C=O) groups is 2. The van der Waals surface area contributed by atoms with Crippen molar-refractivity contribution in [3.05, 3.63) is 12.2 Å². The minimum absolute atomic E-state index is 0.256. The molecule has 1 atom stereocenters. The second kappa shape index (κ2) is 6.94. The van der Waals surface area contributed by atoms with Gasteiger partial charge in [-0.25, -0.2) is 9.59 Å². The first-order chi connectivity index (χ1) is 6.60. The monoisotopic (exact) mass is 202 g/mol. The van der Waals surface area contributed by atoms with Crippen LogP contribution in [0.4, 0.5) is 4.79 Å². The molecule has 0 N–H and O–H groups in total. The van der Waals surface area contributed by atoms with Gasteiger partial charge in [0.1, 0.15) is 6.10 Å². The second-order valence-electron chi connectivity index (χ2n) is 2.39. The lowest BCUT2D eigenvalue weighted by molar-refractivity contribution is -0.134. The van der Waals surface area contributed by atoms with Crippen LogP contribution in [0.1, 0.15) is 13.8 Å². The fraction of sp³-hybridized carbons (Fsp3) is 0.556. The smallest absolute Gasteiger partial charge is 0.466 e. The van der Waals surface area contributed by atoms with Crippen LogP contribution in [-0.2, 0) is 19.0 Å². The molecule has 0 fully saturated rings. The molecule has 1 unspecified atom stereocenters. The molecule has 0 aliphatic carbocycles. The Morgan fingerprint density at radius 3 is 2.57 bits per heavy atom. The van der Waals surface area contributed by atoms with Crippen molar-refractivity contribution in [1.29, 1.82) is 0 Å². The minimum atomic E-state index is -0.755. The predicted molar refractivity (Wildman–Crippen MR) is 48.7 cm³/mol. The summed E-state index contributed by atoms with van der Waals surface area (Å²) >= 11 is 0. The Bertz CT molecular complexity index is 221. The molecule has 0 saturated heterocycles. The first kappa shape index (κ1) is 12.5. The first-order valence-electron chi connectivity index (χ1n) is 4.19. The van der Waals surface area contributed by atoms with Gasteiger partial charge in [-0.15, -0.1) is 0 Å². The summed E-state index contributed by atoms with van der Waals surface area (Å²) in [6.07, 6.45) is 1.31. The number of carbonyl (C=O) groups excluding carboxylic acids is 2. The number of esters is 1. The highest BCUT2D eigenvalue weighted by Gasteiger charge is 2.06. The summed E-state index contributed by atoms with van der Waals surface area (Å²) in [5, 5.41) is 0. The van der Waals surface area contributed by atoms with Gasteiger partial charge >= 0.3 is 12.1 Å². The van der Waals surface area contributed by atoms with Crippen molar-refractivity contribution in [2.24, 2.45) is 0 Å². The van der Waals surface area contributed by atoms with E-state index in [-0.39, 0.29) is 6.61 Å². The van der Waals surface area contributed by atoms with E-state index >= 15 is 0 Å². The number of methoxy groups -OCH3 is 1. The largest absolute Gasteiger partial charge is 0.508 e. The number of rotatable bonds is 4. The zero-order valence-electron chi connectivity index (χ0n) is 8.48. The van der Waals surface area contributed by atoms with Crippen LogP contribution >= 0.6 is 0 Å². The molecule has 0 spiro atoms. The zero-order valence-corrected chi connectivity index (χ0v) is 8.48. The molecule has 0 amide bonds. The van der Waals surface area contributed by atoms with E-state index in [2.05, 4.69) is 9.47 Å². The Balaban J connectivity index is 3.85. The molecule has 0 aromatic rings. The summed E-state index contributed by atoms with van der Waals surface area (Å²) in [5.74, 6) is -0.496. The molecule has 0 aliphatic heterocycles. The van der Waals surface area contributed by atoms with Gasteiger partial charge in [-0.05, 0) is 19.9 Å². The van der Waals surface area contributed by atoms with Gasteiger partial charge in [0.15, 0.2) is 0 Å². The standard InChI is InChI=1S/C9H14O5/c1-4-13-9(11)14-7(2)5-6-8(10)12-3/h5-7H,4H2,1-3H3/b6-5-. The van der Waals surface area contributed by atoms with Crippen LogP contribution in [0, 0.1) is 0 Å². The lowest BCUT2D eigenvalue weighted by Gasteiger charge is -2.07. The molecule has 0 aromatic heterocycles. The number of hydrogen-bond acceptors (Lipinski definition) is 5. The highest BCUT2D eigenvalue weighted by atomic mass is 16.7. The Kier molecular flexibility index (Phi) is 6.19. The van der Waals surface area contributed by atoms with E-state index in [9.17, 15) is 9.59 Å². The van der Waals surface area contributed by atoms with E-state index in [0.717, 1.165) is 0 Å². The molecule has 0 radical (unpaired) electrons. The SMILES string of the molecule is CCOC(=O)OC(C)/C=C\C(=O)OC. The van der Waals surface area contributed by atoms with Gasteiger partial charge in [0.05, 0.1) is 13.7 Å². The highest BCUT2D eigenvalue weighted by Crippen LogP contribution is 1.96. The molecule has 0 heterocycles. The Morgan fingerprint density at radius 1 is 1.43 bits per heavy atom. The van der Waals surface area contributed by atoms with Crippen LogP contribution in [-0.4, -0.2) is 31.9 Å². The van der Waals surface area contributed by atoms with E-state index < -0.39 is 18.2 Å². The summed E-state index contributed by atoms with van der Waals surface area (Å²) in [6, 6.07) is 0. The van der Waals surface area contributed by atoms with Gasteiger partial charge in [-0.1, -0.05) is 0 Å². The Labute approximate surface area is 82.6 Å². The van der Waals surface area contributed by atoms with Crippen LogP contribution in [0.2, 0.25) is 0 Å². The fourth-order valence-electron chi connectivity index (χ4n) is 0.625. The van der Waals surface area contributed by atoms with Gasteiger partial charge in [0, 0.05) is 6.08 Å². The zero-order chi connectivity index (χ0) is 11.0. The maximum atomic E-state index is 10.8. The summed E-state index contributed by atoms with van der Waals surface area (Å²) in [5.41, 5.74) is 0. The van der Waals surface area contributed by atoms with E-state index in [0.29, 0.717) is 0 Å². The molecule has 0 aliphatic rings. The minimum Gasteiger partial charge on any atom is -0.466 e. The topological polar surface area (TPSA) is 61.8 Å². The number of ether oxygens (including phenoxy) is 3. The predicted octanol–water partition coefficient (Wildman–Crippen LogP) is 1.28. The summed E-state index contributed by atoms with van der Waals surface area (Å²) in [4.78, 5) is 21.4. The lowest BCUT2D eigenvalue weighted by Crippen LogP contribution is -2.14. The molecule has 0 rings (SSSR count). The van der Waals surface area contributed by atoms with Crippen molar-refractivity contribution >= 4 is 12.1 Å². The lowest BCUT2D eigenvalue weighted by atomic mass is 10.3. The van der Waals surface area contributed by atoms with Crippen molar-refractivity contribution in [2.75, 3.05) is 13.7 Å². The molecular weight excluding hydrogens is 188 g/mol. The third kappa shape index (κ3) is 6.05. The third-order valence-corrected chi connectivity index (χ3v) is 1.25. The molecule has 5 nitrogen and oxygen atoms in total. The summed E-state index contributed by atoms with van der Waals surface area (Å²) in [7, 11) is 1.27. The van der Waals surface area contributed by atoms with Crippen molar-refractivity contribution in [1.82, 2.24) is 0 Å². The van der Waals surface area contributed by atoms with Gasteiger partial charge in [0.2, 0.25) is 0 Å². The van der Waals surface area contributed by atoms with Crippen molar-refractivity contribution in [3.63, 3.8) is 0 Å².